The normalized spacial score (nSPS) is 11.5. The Kier molecular flexibility index (Phi) is 4.64. The van der Waals surface area contributed by atoms with E-state index in [4.69, 9.17) is 4.42 Å². The Balaban J connectivity index is 1.69. The fraction of sp³-hybridized carbons (Fsp3) is 0.0588. The summed E-state index contributed by atoms with van der Waals surface area (Å²) in [5, 5.41) is 16.5. The van der Waals surface area contributed by atoms with Crippen molar-refractivity contribution in [1.82, 2.24) is 0 Å². The molecule has 2 aromatic heterocycles. The van der Waals surface area contributed by atoms with Crippen LogP contribution in [0.3, 0.4) is 0 Å². The van der Waals surface area contributed by atoms with E-state index in [9.17, 15) is 5.26 Å². The molecule has 0 unspecified atom stereocenters. The fourth-order valence-corrected chi connectivity index (χ4v) is 5.74. The first-order chi connectivity index (χ1) is 18.1. The van der Waals surface area contributed by atoms with Gasteiger partial charge in [0.1, 0.15) is 18.2 Å². The van der Waals surface area contributed by atoms with Crippen LogP contribution in [-0.4, -0.2) is 0 Å². The maximum atomic E-state index is 9.54. The van der Waals surface area contributed by atoms with Gasteiger partial charge in [-0.25, -0.2) is 4.57 Å². The van der Waals surface area contributed by atoms with Crippen LogP contribution in [0.4, 0.5) is 0 Å². The van der Waals surface area contributed by atoms with Gasteiger partial charge in [-0.3, -0.25) is 0 Å². The molecule has 0 saturated heterocycles. The molecular formula is C34H23N2O+. The van der Waals surface area contributed by atoms with Crippen LogP contribution in [0.15, 0.2) is 108 Å². The number of aryl methyl sites for hydroxylation is 2. The van der Waals surface area contributed by atoms with Crippen molar-refractivity contribution in [3.63, 3.8) is 0 Å². The molecule has 0 saturated carbocycles. The Hall–Kier alpha value is -4.94. The summed E-state index contributed by atoms with van der Waals surface area (Å²) < 4.78 is 8.74. The van der Waals surface area contributed by atoms with Crippen LogP contribution in [0.25, 0.3) is 65.9 Å². The number of aromatic nitrogens is 1. The third kappa shape index (κ3) is 3.16. The van der Waals surface area contributed by atoms with Crippen molar-refractivity contribution in [2.45, 2.75) is 6.92 Å². The van der Waals surface area contributed by atoms with Crippen molar-refractivity contribution in [2.75, 3.05) is 0 Å². The standard InChI is InChI=1S/C34H23N2O/c1-21-17-29(28-19-23-9-3-4-10-24(23)25-11-5-6-12-26(25)28)33-27-15-14-22(20-35)18-31(27)37-34(33)32(21)30-13-7-8-16-36(30)2/h3-19H,1-2H3/q+1. The summed E-state index contributed by atoms with van der Waals surface area (Å²) in [7, 11) is 2.06. The number of hydrogen-bond donors (Lipinski definition) is 0. The average molecular weight is 476 g/mol. The highest BCUT2D eigenvalue weighted by Gasteiger charge is 2.24. The second-order valence-electron chi connectivity index (χ2n) is 9.63. The van der Waals surface area contributed by atoms with Gasteiger partial charge in [0.15, 0.2) is 6.20 Å². The van der Waals surface area contributed by atoms with Gasteiger partial charge in [-0.1, -0.05) is 48.5 Å². The number of fused-ring (bicyclic) bond motifs is 6. The Morgan fingerprint density at radius 2 is 1.49 bits per heavy atom. The van der Waals surface area contributed by atoms with Crippen molar-refractivity contribution in [2.24, 2.45) is 7.05 Å². The monoisotopic (exact) mass is 475 g/mol. The molecule has 5 aromatic carbocycles. The summed E-state index contributed by atoms with van der Waals surface area (Å²) >= 11 is 0. The van der Waals surface area contributed by atoms with Gasteiger partial charge in [0.25, 0.3) is 0 Å². The zero-order valence-corrected chi connectivity index (χ0v) is 20.6. The molecule has 0 aliphatic heterocycles. The first-order valence-electron chi connectivity index (χ1n) is 12.4. The van der Waals surface area contributed by atoms with E-state index in [1.165, 1.54) is 27.1 Å². The quantitative estimate of drug-likeness (QED) is 0.187. The lowest BCUT2D eigenvalue weighted by Gasteiger charge is -2.14. The number of pyridine rings is 1. The zero-order chi connectivity index (χ0) is 25.1. The van der Waals surface area contributed by atoms with E-state index in [-0.39, 0.29) is 0 Å². The Morgan fingerprint density at radius 1 is 0.730 bits per heavy atom. The third-order valence-corrected chi connectivity index (χ3v) is 7.44. The minimum atomic E-state index is 0.591. The first kappa shape index (κ1) is 21.4. The molecule has 0 spiro atoms. The summed E-state index contributed by atoms with van der Waals surface area (Å²) in [6, 6.07) is 36.0. The van der Waals surface area contributed by atoms with Crippen molar-refractivity contribution in [3.8, 4) is 28.5 Å². The lowest BCUT2D eigenvalue weighted by atomic mass is 9.88. The van der Waals surface area contributed by atoms with E-state index < -0.39 is 0 Å². The highest BCUT2D eigenvalue weighted by atomic mass is 16.3. The van der Waals surface area contributed by atoms with E-state index in [1.54, 1.807) is 0 Å². The van der Waals surface area contributed by atoms with E-state index >= 15 is 0 Å². The number of nitrogens with zero attached hydrogens (tertiary/aromatic N) is 2. The number of furan rings is 1. The molecule has 0 bridgehead atoms. The number of nitriles is 1. The summed E-state index contributed by atoms with van der Waals surface area (Å²) in [5.74, 6) is 0. The maximum absolute atomic E-state index is 9.54. The fourth-order valence-electron chi connectivity index (χ4n) is 5.74. The van der Waals surface area contributed by atoms with Gasteiger partial charge in [0, 0.05) is 22.9 Å². The average Bonchev–Trinajstić information content (AvgIpc) is 3.31. The highest BCUT2D eigenvalue weighted by Crippen LogP contribution is 2.45. The van der Waals surface area contributed by atoms with Crippen LogP contribution in [-0.2, 0) is 7.05 Å². The lowest BCUT2D eigenvalue weighted by molar-refractivity contribution is -0.660. The smallest absolute Gasteiger partial charge is 0.216 e. The SMILES string of the molecule is Cc1cc(-c2cc3ccccc3c3ccccc23)c2c(oc3cc(C#N)ccc32)c1-c1cccc[n+]1C. The van der Waals surface area contributed by atoms with Gasteiger partial charge in [-0.2, -0.15) is 5.26 Å². The predicted molar refractivity (Wildman–Crippen MR) is 150 cm³/mol. The van der Waals surface area contributed by atoms with Crippen molar-refractivity contribution in [1.29, 1.82) is 5.26 Å². The van der Waals surface area contributed by atoms with Crippen molar-refractivity contribution >= 4 is 43.5 Å². The predicted octanol–water partition coefficient (Wildman–Crippen LogP) is 8.23. The summed E-state index contributed by atoms with van der Waals surface area (Å²) in [6.07, 6.45) is 2.06. The third-order valence-electron chi connectivity index (χ3n) is 7.44. The molecule has 2 heterocycles. The van der Waals surface area contributed by atoms with Crippen molar-refractivity contribution < 1.29 is 8.98 Å². The van der Waals surface area contributed by atoms with Gasteiger partial charge in [-0.05, 0) is 81.6 Å². The lowest BCUT2D eigenvalue weighted by Crippen LogP contribution is -2.30. The van der Waals surface area contributed by atoms with Crippen molar-refractivity contribution in [3.05, 3.63) is 114 Å². The largest absolute Gasteiger partial charge is 0.455 e. The van der Waals surface area contributed by atoms with Crippen LogP contribution in [0.2, 0.25) is 0 Å². The molecule has 3 heteroatoms. The second-order valence-corrected chi connectivity index (χ2v) is 9.63. The summed E-state index contributed by atoms with van der Waals surface area (Å²) in [4.78, 5) is 0. The minimum absolute atomic E-state index is 0.591. The van der Waals surface area contributed by atoms with E-state index in [2.05, 4.69) is 104 Å². The molecule has 0 radical (unpaired) electrons. The molecular weight excluding hydrogens is 452 g/mol. The molecule has 0 fully saturated rings. The van der Waals surface area contributed by atoms with Crippen LogP contribution < -0.4 is 4.57 Å². The Morgan fingerprint density at radius 3 is 2.30 bits per heavy atom. The van der Waals surface area contributed by atoms with E-state index in [0.717, 1.165) is 44.3 Å². The molecule has 37 heavy (non-hydrogen) atoms. The van der Waals surface area contributed by atoms with Gasteiger partial charge in [0.05, 0.1) is 17.2 Å². The van der Waals surface area contributed by atoms with Crippen LogP contribution in [0.5, 0.6) is 0 Å². The number of rotatable bonds is 2. The zero-order valence-electron chi connectivity index (χ0n) is 20.6. The Bertz CT molecular complexity index is 2070. The molecule has 7 rings (SSSR count). The van der Waals surface area contributed by atoms with Crippen LogP contribution in [0, 0.1) is 18.3 Å². The van der Waals surface area contributed by atoms with Crippen LogP contribution in [0.1, 0.15) is 11.1 Å². The highest BCUT2D eigenvalue weighted by molar-refractivity contribution is 6.21. The van der Waals surface area contributed by atoms with Gasteiger partial charge in [0.2, 0.25) is 5.69 Å². The maximum Gasteiger partial charge on any atom is 0.216 e. The van der Waals surface area contributed by atoms with Gasteiger partial charge < -0.3 is 4.42 Å². The number of hydrogen-bond acceptors (Lipinski definition) is 2. The van der Waals surface area contributed by atoms with E-state index in [0.29, 0.717) is 5.56 Å². The minimum Gasteiger partial charge on any atom is -0.455 e. The summed E-state index contributed by atoms with van der Waals surface area (Å²) in [6.45, 7) is 2.16. The Labute approximate surface area is 214 Å². The first-order valence-corrected chi connectivity index (χ1v) is 12.4. The molecule has 174 valence electrons. The molecule has 0 atom stereocenters. The second kappa shape index (κ2) is 8.05. The molecule has 0 N–H and O–H groups in total. The topological polar surface area (TPSA) is 40.8 Å². The molecule has 0 aliphatic carbocycles. The molecule has 7 aromatic rings. The van der Waals surface area contributed by atoms with Crippen LogP contribution >= 0.6 is 0 Å². The molecule has 0 aliphatic rings. The number of benzene rings is 5. The van der Waals surface area contributed by atoms with Gasteiger partial charge in [-0.15, -0.1) is 0 Å². The molecule has 3 nitrogen and oxygen atoms in total. The van der Waals surface area contributed by atoms with E-state index in [1.807, 2.05) is 24.3 Å². The van der Waals surface area contributed by atoms with Gasteiger partial charge >= 0.3 is 0 Å². The molecule has 0 amide bonds. The summed E-state index contributed by atoms with van der Waals surface area (Å²) in [5.41, 5.74) is 7.78.